The zero-order valence-corrected chi connectivity index (χ0v) is 33.1. The number of hydrogen-bond acceptors (Lipinski definition) is 8. The van der Waals surface area contributed by atoms with Crippen molar-refractivity contribution in [2.24, 2.45) is 29.2 Å². The van der Waals surface area contributed by atoms with Crippen molar-refractivity contribution in [2.45, 2.75) is 63.7 Å². The van der Waals surface area contributed by atoms with E-state index in [1.54, 1.807) is 26.5 Å². The summed E-state index contributed by atoms with van der Waals surface area (Å²) in [7, 11) is 1.63. The molecule has 290 valence electrons. The lowest BCUT2D eigenvalue weighted by molar-refractivity contribution is -0.118. The number of carbonyl (C=O) groups excluding carboxylic acids is 2. The highest BCUT2D eigenvalue weighted by molar-refractivity contribution is 7.92. The molecule has 0 spiro atoms. The van der Waals surface area contributed by atoms with E-state index in [2.05, 4.69) is 43.3 Å². The Kier molecular flexibility index (Phi) is 11.4. The van der Waals surface area contributed by atoms with Crippen molar-refractivity contribution in [3.05, 3.63) is 88.5 Å². The van der Waals surface area contributed by atoms with Crippen LogP contribution < -0.4 is 14.4 Å². The van der Waals surface area contributed by atoms with E-state index in [4.69, 9.17) is 25.8 Å². The number of ether oxygens (including phenoxy) is 3. The first-order chi connectivity index (χ1) is 26.0. The van der Waals surface area contributed by atoms with Crippen LogP contribution >= 0.6 is 11.6 Å². The Bertz CT molecular complexity index is 2020. The van der Waals surface area contributed by atoms with Gasteiger partial charge in [-0.1, -0.05) is 36.7 Å². The Hall–Kier alpha value is -3.91. The average molecular weight is 779 g/mol. The van der Waals surface area contributed by atoms with Crippen LogP contribution in [0.4, 0.5) is 10.5 Å². The van der Waals surface area contributed by atoms with Crippen LogP contribution in [0, 0.1) is 17.8 Å². The smallest absolute Gasteiger partial charge is 0.330 e. The number of imidazole rings is 1. The number of nitrogens with one attached hydrogen (secondary N) is 1. The summed E-state index contributed by atoms with van der Waals surface area (Å²) in [5.74, 6) is 1.19. The molecule has 1 N–H and O–H groups in total. The Balaban J connectivity index is 1.25. The molecule has 3 aliphatic heterocycles. The molecule has 1 aromatic heterocycles. The van der Waals surface area contributed by atoms with Gasteiger partial charge in [-0.25, -0.2) is 14.0 Å². The number of allylic oxidation sites excluding steroid dienone is 1. The quantitative estimate of drug-likeness (QED) is 0.297. The molecule has 54 heavy (non-hydrogen) atoms. The van der Waals surface area contributed by atoms with Crippen molar-refractivity contribution in [1.82, 2.24) is 19.2 Å². The number of urea groups is 1. The Morgan fingerprint density at radius 2 is 1.94 bits per heavy atom. The van der Waals surface area contributed by atoms with Crippen molar-refractivity contribution < 1.29 is 28.0 Å². The normalized spacial score (nSPS) is 27.8. The van der Waals surface area contributed by atoms with E-state index in [9.17, 15) is 13.8 Å². The molecule has 12 nitrogen and oxygen atoms in total. The number of methoxy groups -OCH3 is 2. The third-order valence-electron chi connectivity index (χ3n) is 11.5. The van der Waals surface area contributed by atoms with Gasteiger partial charge in [0, 0.05) is 57.3 Å². The fourth-order valence-corrected chi connectivity index (χ4v) is 10.3. The van der Waals surface area contributed by atoms with Crippen LogP contribution in [-0.2, 0) is 45.0 Å². The first-order valence-electron chi connectivity index (χ1n) is 18.9. The number of nitrogens with zero attached hydrogens (tertiary/aromatic N) is 5. The maximum absolute atomic E-state index is 14.7. The lowest BCUT2D eigenvalue weighted by Gasteiger charge is -2.47. The van der Waals surface area contributed by atoms with Gasteiger partial charge in [0.05, 0.1) is 37.2 Å². The number of amides is 3. The molecule has 5 atom stereocenters. The summed E-state index contributed by atoms with van der Waals surface area (Å²) in [4.78, 5) is 36.1. The van der Waals surface area contributed by atoms with Crippen LogP contribution in [0.1, 0.15) is 66.3 Å². The van der Waals surface area contributed by atoms with Gasteiger partial charge in [0.2, 0.25) is 0 Å². The van der Waals surface area contributed by atoms with Gasteiger partial charge >= 0.3 is 6.03 Å². The largest absolute Gasteiger partial charge is 0.491 e. The topological polar surface area (TPSA) is 128 Å². The highest BCUT2D eigenvalue weighted by Crippen LogP contribution is 2.42. The molecule has 3 aromatic rings. The molecule has 7 rings (SSSR count). The number of aromatic nitrogens is 2. The third-order valence-corrected chi connectivity index (χ3v) is 13.7. The summed E-state index contributed by atoms with van der Waals surface area (Å²) < 4.78 is 41.9. The highest BCUT2D eigenvalue weighted by Gasteiger charge is 2.50. The third kappa shape index (κ3) is 8.05. The van der Waals surface area contributed by atoms with Crippen LogP contribution in [-0.4, -0.2) is 82.9 Å². The van der Waals surface area contributed by atoms with Gasteiger partial charge in [-0.3, -0.25) is 9.52 Å². The van der Waals surface area contributed by atoms with Crippen LogP contribution in [0.2, 0.25) is 5.02 Å². The lowest BCUT2D eigenvalue weighted by Crippen LogP contribution is -2.65. The molecular formula is C40H51ClN6O6S. The van der Waals surface area contributed by atoms with Crippen LogP contribution in [0.5, 0.6) is 5.75 Å². The molecule has 0 radical (unpaired) electrons. The summed E-state index contributed by atoms with van der Waals surface area (Å²) in [6.07, 6.45) is 13.0. The number of halogens is 1. The lowest BCUT2D eigenvalue weighted by atomic mass is 9.70. The Morgan fingerprint density at radius 3 is 2.67 bits per heavy atom. The van der Waals surface area contributed by atoms with E-state index in [0.717, 1.165) is 44.3 Å². The van der Waals surface area contributed by atoms with Gasteiger partial charge < -0.3 is 28.6 Å². The fraction of sp³-hybridized carbons (Fsp3) is 0.525. The monoisotopic (exact) mass is 778 g/mol. The average Bonchev–Trinajstić information content (AvgIpc) is 3.53. The minimum atomic E-state index is -3.58. The number of hydrogen-bond donors (Lipinski definition) is 1. The van der Waals surface area contributed by atoms with E-state index in [0.29, 0.717) is 48.0 Å². The number of benzene rings is 2. The van der Waals surface area contributed by atoms with Gasteiger partial charge in [-0.2, -0.15) is 0 Å². The standard InChI is InChI=1S/C40H51ClN6O6S/c1-27-8-7-10-35(51-3)33-15-12-31(33)23-46-22-30-11-14-32(41)20-28(30)9-5-6-19-53-36-16-13-29(21-34(36)46)37(48)43-54(50,24-27)44-39(49)47-25-40(26-47,52-4)38-42-17-18-45(38)2/h7,10-11,13-14,16-18,20-21,27,31,33,35H,5-6,8-9,12,15,19,22-26H2,1-4H3,(H,43,44,48,49,50)/b10-7+/t27-,31-,33+,35-,54?/m0/s1. The molecule has 1 unspecified atom stereocenters. The predicted octanol–water partition coefficient (Wildman–Crippen LogP) is 6.52. The first kappa shape index (κ1) is 38.4. The molecular weight excluding hydrogens is 728 g/mol. The molecule has 4 aliphatic rings. The van der Waals surface area contributed by atoms with E-state index < -0.39 is 27.5 Å². The molecule has 4 heterocycles. The second-order valence-corrected chi connectivity index (χ2v) is 17.7. The summed E-state index contributed by atoms with van der Waals surface area (Å²) in [5, 5.41) is 0.710. The van der Waals surface area contributed by atoms with Gasteiger partial charge in [0.1, 0.15) is 21.5 Å². The van der Waals surface area contributed by atoms with Crippen molar-refractivity contribution in [1.29, 1.82) is 0 Å². The van der Waals surface area contributed by atoms with E-state index >= 15 is 0 Å². The molecule has 14 heteroatoms. The van der Waals surface area contributed by atoms with Crippen molar-refractivity contribution >= 4 is 39.1 Å². The van der Waals surface area contributed by atoms with Gasteiger partial charge in [-0.05, 0) is 97.7 Å². The minimum absolute atomic E-state index is 0.0132. The maximum Gasteiger partial charge on any atom is 0.330 e. The van der Waals surface area contributed by atoms with E-state index in [-0.39, 0.29) is 36.4 Å². The molecule has 2 fully saturated rings. The molecule has 3 amide bonds. The number of anilines is 1. The number of aryl methyl sites for hydroxylation is 2. The van der Waals surface area contributed by atoms with Gasteiger partial charge in [0.15, 0.2) is 5.60 Å². The summed E-state index contributed by atoms with van der Waals surface area (Å²) in [5.41, 5.74) is 2.64. The van der Waals surface area contributed by atoms with Crippen LogP contribution in [0.15, 0.2) is 65.3 Å². The zero-order chi connectivity index (χ0) is 38.0. The number of rotatable bonds is 4. The Labute approximate surface area is 323 Å². The summed E-state index contributed by atoms with van der Waals surface area (Å²) in [6.45, 7) is 4.21. The SMILES string of the molecule is CO[C@H]1/C=C/C[C@H](C)CS(=O)(NC(=O)N2CC(OC)(c3nccn3C)C2)=NC(=O)c2ccc3c(c2)N(Cc2ccc(Cl)cc2CCCCO3)C[C@@H]2CC[C@H]21. The van der Waals surface area contributed by atoms with Crippen molar-refractivity contribution in [3.63, 3.8) is 0 Å². The Morgan fingerprint density at radius 1 is 1.11 bits per heavy atom. The van der Waals surface area contributed by atoms with Crippen molar-refractivity contribution in [2.75, 3.05) is 51.1 Å². The van der Waals surface area contributed by atoms with Gasteiger partial charge in [-0.15, -0.1) is 4.36 Å². The maximum atomic E-state index is 14.7. The van der Waals surface area contributed by atoms with Gasteiger partial charge in [0.25, 0.3) is 5.91 Å². The predicted molar refractivity (Wildman–Crippen MR) is 209 cm³/mol. The molecule has 1 aliphatic carbocycles. The number of carbonyl (C=O) groups is 2. The van der Waals surface area contributed by atoms with Crippen LogP contribution in [0.3, 0.4) is 0 Å². The summed E-state index contributed by atoms with van der Waals surface area (Å²) >= 11 is 6.48. The van der Waals surface area contributed by atoms with Crippen molar-refractivity contribution in [3.8, 4) is 5.75 Å². The zero-order valence-electron chi connectivity index (χ0n) is 31.5. The van der Waals surface area contributed by atoms with E-state index in [1.807, 2.05) is 42.9 Å². The first-order valence-corrected chi connectivity index (χ1v) is 20.9. The highest BCUT2D eigenvalue weighted by atomic mass is 35.5. The molecule has 1 saturated heterocycles. The fourth-order valence-electron chi connectivity index (χ4n) is 8.26. The second kappa shape index (κ2) is 16.1. The second-order valence-electron chi connectivity index (χ2n) is 15.3. The summed E-state index contributed by atoms with van der Waals surface area (Å²) in [6, 6.07) is 10.8. The molecule has 2 aromatic carbocycles. The molecule has 2 bridgehead atoms. The molecule has 1 saturated carbocycles. The van der Waals surface area contributed by atoms with E-state index in [1.165, 1.54) is 16.0 Å². The number of likely N-dealkylation sites (tertiary alicyclic amines) is 1. The van der Waals surface area contributed by atoms with Crippen LogP contribution in [0.25, 0.3) is 0 Å². The minimum Gasteiger partial charge on any atom is -0.491 e. The number of fused-ring (bicyclic) bond motifs is 3.